The van der Waals surface area contributed by atoms with Crippen LogP contribution in [0.1, 0.15) is 34.1 Å². The summed E-state index contributed by atoms with van der Waals surface area (Å²) >= 11 is 0. The first-order valence-electron chi connectivity index (χ1n) is 8.10. The number of nitrogens with two attached hydrogens (primary N) is 1. The summed E-state index contributed by atoms with van der Waals surface area (Å²) in [6.07, 6.45) is 4.71. The Balaban J connectivity index is 1.54. The lowest BCUT2D eigenvalue weighted by atomic mass is 10.1. The summed E-state index contributed by atoms with van der Waals surface area (Å²) in [5.74, 6) is 0.847. The number of pyridine rings is 1. The highest BCUT2D eigenvalue weighted by Gasteiger charge is 2.26. The number of imidazole rings is 1. The van der Waals surface area contributed by atoms with E-state index in [9.17, 15) is 4.79 Å². The minimum atomic E-state index is -0.440. The predicted molar refractivity (Wildman–Crippen MR) is 91.5 cm³/mol. The Labute approximate surface area is 139 Å². The van der Waals surface area contributed by atoms with Crippen LogP contribution < -0.4 is 5.73 Å². The molecule has 3 N–H and O–H groups in total. The molecule has 1 aromatic carbocycles. The number of benzene rings is 1. The molecule has 3 aromatic rings. The second kappa shape index (κ2) is 6.05. The molecule has 6 heteroatoms. The lowest BCUT2D eigenvalue weighted by Crippen LogP contribution is -2.19. The third kappa shape index (κ3) is 2.76. The van der Waals surface area contributed by atoms with Crippen LogP contribution in [0.5, 0.6) is 0 Å². The molecule has 1 fully saturated rings. The number of hydrogen-bond acceptors (Lipinski definition) is 4. The van der Waals surface area contributed by atoms with Gasteiger partial charge in [-0.2, -0.15) is 0 Å². The Morgan fingerprint density at radius 1 is 1.29 bits per heavy atom. The van der Waals surface area contributed by atoms with Crippen LogP contribution in [-0.4, -0.2) is 38.8 Å². The molecule has 1 aliphatic rings. The topological polar surface area (TPSA) is 87.9 Å². The van der Waals surface area contributed by atoms with Crippen molar-refractivity contribution >= 4 is 16.9 Å². The molecule has 0 radical (unpaired) electrons. The number of aromatic amines is 1. The normalized spacial score (nSPS) is 18.2. The second-order valence-corrected chi connectivity index (χ2v) is 6.26. The number of nitrogens with one attached hydrogen (secondary N) is 1. The zero-order chi connectivity index (χ0) is 16.5. The number of hydrogen-bond donors (Lipinski definition) is 2. The number of H-pyrrole nitrogens is 1. The molecular formula is C18H19N5O. The fraction of sp³-hybridized carbons (Fsp3) is 0.278. The molecular weight excluding hydrogens is 302 g/mol. The van der Waals surface area contributed by atoms with E-state index in [0.29, 0.717) is 17.0 Å². The molecule has 3 heterocycles. The van der Waals surface area contributed by atoms with Crippen LogP contribution >= 0.6 is 0 Å². The highest BCUT2D eigenvalue weighted by molar-refractivity contribution is 6.04. The second-order valence-electron chi connectivity index (χ2n) is 6.26. The lowest BCUT2D eigenvalue weighted by molar-refractivity contribution is 0.100. The van der Waals surface area contributed by atoms with Crippen molar-refractivity contribution in [3.05, 3.63) is 59.7 Å². The number of likely N-dealkylation sites (tertiary alicyclic amines) is 1. The van der Waals surface area contributed by atoms with Gasteiger partial charge in [0.2, 0.25) is 0 Å². The number of carbonyl (C=O) groups is 1. The van der Waals surface area contributed by atoms with Crippen molar-refractivity contribution < 1.29 is 4.79 Å². The Morgan fingerprint density at radius 3 is 2.92 bits per heavy atom. The van der Waals surface area contributed by atoms with E-state index in [4.69, 9.17) is 5.73 Å². The maximum atomic E-state index is 11.6. The quantitative estimate of drug-likeness (QED) is 0.770. The van der Waals surface area contributed by atoms with Crippen LogP contribution in [0, 0.1) is 0 Å². The molecule has 4 rings (SSSR count). The Hall–Kier alpha value is -2.73. The molecule has 1 unspecified atom stereocenters. The molecule has 0 aliphatic carbocycles. The molecule has 122 valence electrons. The van der Waals surface area contributed by atoms with Crippen molar-refractivity contribution in [2.45, 2.75) is 18.9 Å². The van der Waals surface area contributed by atoms with Crippen molar-refractivity contribution in [1.29, 1.82) is 0 Å². The summed E-state index contributed by atoms with van der Waals surface area (Å²) in [7, 11) is 0. The Bertz CT molecular complexity index is 874. The van der Waals surface area contributed by atoms with E-state index in [1.165, 1.54) is 5.56 Å². The zero-order valence-corrected chi connectivity index (χ0v) is 13.3. The average Bonchev–Trinajstić information content (AvgIpc) is 3.21. The molecule has 1 atom stereocenters. The first-order valence-corrected chi connectivity index (χ1v) is 8.10. The SMILES string of the molecule is NC(=O)c1cccc2[nH]c(C3CCN(Cc4ccncc4)C3)nc12. The molecule has 24 heavy (non-hydrogen) atoms. The van der Waals surface area contributed by atoms with Gasteiger partial charge >= 0.3 is 0 Å². The van der Waals surface area contributed by atoms with Gasteiger partial charge in [-0.3, -0.25) is 14.7 Å². The monoisotopic (exact) mass is 321 g/mol. The first-order chi connectivity index (χ1) is 11.7. The van der Waals surface area contributed by atoms with Crippen LogP contribution in [0.3, 0.4) is 0 Å². The van der Waals surface area contributed by atoms with Crippen LogP contribution in [0.25, 0.3) is 11.0 Å². The summed E-state index contributed by atoms with van der Waals surface area (Å²) in [5, 5.41) is 0. The number of para-hydroxylation sites is 1. The lowest BCUT2D eigenvalue weighted by Gasteiger charge is -2.15. The minimum Gasteiger partial charge on any atom is -0.366 e. The number of carbonyl (C=O) groups excluding carboxylic acids is 1. The van der Waals surface area contributed by atoms with E-state index in [2.05, 4.69) is 19.9 Å². The smallest absolute Gasteiger partial charge is 0.250 e. The van der Waals surface area contributed by atoms with Gasteiger partial charge in [-0.1, -0.05) is 6.07 Å². The average molecular weight is 321 g/mol. The van der Waals surface area contributed by atoms with E-state index >= 15 is 0 Å². The van der Waals surface area contributed by atoms with Gasteiger partial charge in [-0.25, -0.2) is 4.98 Å². The first kappa shape index (κ1) is 14.8. The number of rotatable bonds is 4. The third-order valence-corrected chi connectivity index (χ3v) is 4.61. The number of fused-ring (bicyclic) bond motifs is 1. The summed E-state index contributed by atoms with van der Waals surface area (Å²) in [6, 6.07) is 9.58. The van der Waals surface area contributed by atoms with E-state index < -0.39 is 5.91 Å². The molecule has 1 amide bonds. The zero-order valence-electron chi connectivity index (χ0n) is 13.3. The summed E-state index contributed by atoms with van der Waals surface area (Å²) < 4.78 is 0. The fourth-order valence-corrected chi connectivity index (χ4v) is 3.39. The van der Waals surface area contributed by atoms with Gasteiger partial charge in [0.05, 0.1) is 11.1 Å². The highest BCUT2D eigenvalue weighted by Crippen LogP contribution is 2.28. The highest BCUT2D eigenvalue weighted by atomic mass is 16.1. The maximum absolute atomic E-state index is 11.6. The van der Waals surface area contributed by atoms with Gasteiger partial charge in [-0.05, 0) is 42.8 Å². The molecule has 1 saturated heterocycles. The Morgan fingerprint density at radius 2 is 2.12 bits per heavy atom. The van der Waals surface area contributed by atoms with Crippen LogP contribution in [0.4, 0.5) is 0 Å². The molecule has 1 aliphatic heterocycles. The van der Waals surface area contributed by atoms with E-state index in [1.54, 1.807) is 6.07 Å². The third-order valence-electron chi connectivity index (χ3n) is 4.61. The van der Waals surface area contributed by atoms with E-state index in [0.717, 1.165) is 37.4 Å². The van der Waals surface area contributed by atoms with Crippen molar-refractivity contribution in [2.75, 3.05) is 13.1 Å². The molecule has 0 bridgehead atoms. The van der Waals surface area contributed by atoms with Crippen molar-refractivity contribution in [3.8, 4) is 0 Å². The van der Waals surface area contributed by atoms with Gasteiger partial charge in [0.15, 0.2) is 0 Å². The molecule has 2 aromatic heterocycles. The van der Waals surface area contributed by atoms with E-state index in [1.807, 2.05) is 36.7 Å². The van der Waals surface area contributed by atoms with Crippen molar-refractivity contribution in [3.63, 3.8) is 0 Å². The van der Waals surface area contributed by atoms with Crippen LogP contribution in [-0.2, 0) is 6.54 Å². The molecule has 6 nitrogen and oxygen atoms in total. The minimum absolute atomic E-state index is 0.347. The number of nitrogens with zero attached hydrogens (tertiary/aromatic N) is 3. The largest absolute Gasteiger partial charge is 0.366 e. The van der Waals surface area contributed by atoms with Gasteiger partial charge in [0, 0.05) is 31.4 Å². The predicted octanol–water partition coefficient (Wildman–Crippen LogP) is 2.05. The standard InChI is InChI=1S/C18H19N5O/c19-17(24)14-2-1-3-15-16(14)22-18(21-15)13-6-9-23(11-13)10-12-4-7-20-8-5-12/h1-5,7-8,13H,6,9-11H2,(H2,19,24)(H,21,22). The number of amides is 1. The van der Waals surface area contributed by atoms with Gasteiger partial charge in [0.1, 0.15) is 11.3 Å². The molecule has 0 spiro atoms. The molecule has 0 saturated carbocycles. The van der Waals surface area contributed by atoms with Gasteiger partial charge in [0.25, 0.3) is 5.91 Å². The Kier molecular flexibility index (Phi) is 3.74. The summed E-state index contributed by atoms with van der Waals surface area (Å²) in [5.41, 5.74) is 8.73. The number of primary amides is 1. The van der Waals surface area contributed by atoms with Crippen LogP contribution in [0.15, 0.2) is 42.7 Å². The van der Waals surface area contributed by atoms with E-state index in [-0.39, 0.29) is 0 Å². The number of aromatic nitrogens is 3. The van der Waals surface area contributed by atoms with Gasteiger partial charge in [-0.15, -0.1) is 0 Å². The van der Waals surface area contributed by atoms with Crippen LogP contribution in [0.2, 0.25) is 0 Å². The fourth-order valence-electron chi connectivity index (χ4n) is 3.39. The van der Waals surface area contributed by atoms with Crippen molar-refractivity contribution in [2.24, 2.45) is 5.73 Å². The summed E-state index contributed by atoms with van der Waals surface area (Å²) in [6.45, 7) is 2.91. The maximum Gasteiger partial charge on any atom is 0.250 e. The van der Waals surface area contributed by atoms with Gasteiger partial charge < -0.3 is 10.7 Å². The summed E-state index contributed by atoms with van der Waals surface area (Å²) in [4.78, 5) is 26.1. The van der Waals surface area contributed by atoms with Crippen molar-refractivity contribution in [1.82, 2.24) is 19.9 Å².